The van der Waals surface area contributed by atoms with Gasteiger partial charge in [0.1, 0.15) is 24.2 Å². The van der Waals surface area contributed by atoms with E-state index in [1.807, 2.05) is 48.5 Å². The summed E-state index contributed by atoms with van der Waals surface area (Å²) in [7, 11) is 1.65. The Bertz CT molecular complexity index is 574. The second kappa shape index (κ2) is 8.78. The molecule has 0 aliphatic rings. The molecule has 2 aromatic carbocycles. The predicted octanol–water partition coefficient (Wildman–Crippen LogP) is 2.99. The number of nitrogens with one attached hydrogen (secondary N) is 1. The number of benzene rings is 2. The molecule has 0 bridgehead atoms. The Hall–Kier alpha value is -1.56. The van der Waals surface area contributed by atoms with Crippen molar-refractivity contribution in [2.24, 2.45) is 0 Å². The van der Waals surface area contributed by atoms with Gasteiger partial charge in [-0.05, 0) is 42.0 Å². The van der Waals surface area contributed by atoms with E-state index in [4.69, 9.17) is 9.47 Å². The molecule has 0 amide bonds. The van der Waals surface area contributed by atoms with Crippen LogP contribution in [0.15, 0.2) is 53.0 Å². The second-order valence-electron chi connectivity index (χ2n) is 4.90. The number of aliphatic hydroxyl groups excluding tert-OH is 1. The molecule has 4 nitrogen and oxygen atoms in total. The average molecular weight is 366 g/mol. The van der Waals surface area contributed by atoms with Crippen LogP contribution in [-0.4, -0.2) is 31.5 Å². The van der Waals surface area contributed by atoms with Crippen molar-refractivity contribution < 1.29 is 14.6 Å². The fraction of sp³-hybridized carbons (Fsp3) is 0.294. The number of rotatable bonds is 8. The molecule has 0 aromatic heterocycles. The van der Waals surface area contributed by atoms with Crippen molar-refractivity contribution in [3.8, 4) is 11.5 Å². The highest BCUT2D eigenvalue weighted by Crippen LogP contribution is 2.16. The summed E-state index contributed by atoms with van der Waals surface area (Å²) in [5.41, 5.74) is 1.11. The first-order chi connectivity index (χ1) is 10.7. The van der Waals surface area contributed by atoms with Crippen LogP contribution in [0.3, 0.4) is 0 Å². The van der Waals surface area contributed by atoms with Crippen LogP contribution in [0.25, 0.3) is 0 Å². The van der Waals surface area contributed by atoms with E-state index in [0.29, 0.717) is 13.1 Å². The average Bonchev–Trinajstić information content (AvgIpc) is 2.54. The van der Waals surface area contributed by atoms with Gasteiger partial charge in [-0.1, -0.05) is 28.1 Å². The van der Waals surface area contributed by atoms with Crippen molar-refractivity contribution in [1.29, 1.82) is 0 Å². The molecule has 0 radical (unpaired) electrons. The molecule has 0 saturated heterocycles. The Labute approximate surface area is 139 Å². The number of hydrogen-bond acceptors (Lipinski definition) is 4. The number of halogens is 1. The van der Waals surface area contributed by atoms with Gasteiger partial charge in [0.05, 0.1) is 7.11 Å². The van der Waals surface area contributed by atoms with E-state index in [9.17, 15) is 5.11 Å². The number of hydrogen-bond donors (Lipinski definition) is 2. The van der Waals surface area contributed by atoms with Crippen molar-refractivity contribution in [2.45, 2.75) is 12.6 Å². The van der Waals surface area contributed by atoms with Crippen LogP contribution in [0.5, 0.6) is 11.5 Å². The summed E-state index contributed by atoms with van der Waals surface area (Å²) in [5.74, 6) is 1.58. The molecular formula is C17H20BrNO3. The van der Waals surface area contributed by atoms with Crippen LogP contribution < -0.4 is 14.8 Å². The van der Waals surface area contributed by atoms with E-state index in [-0.39, 0.29) is 6.61 Å². The van der Waals surface area contributed by atoms with Gasteiger partial charge in [-0.3, -0.25) is 0 Å². The third-order valence-electron chi connectivity index (χ3n) is 3.10. The monoisotopic (exact) mass is 365 g/mol. The zero-order valence-corrected chi connectivity index (χ0v) is 14.0. The molecular weight excluding hydrogens is 346 g/mol. The zero-order valence-electron chi connectivity index (χ0n) is 12.5. The molecule has 5 heteroatoms. The third kappa shape index (κ3) is 5.67. The quantitative estimate of drug-likeness (QED) is 0.754. The van der Waals surface area contributed by atoms with Crippen LogP contribution in [0.4, 0.5) is 0 Å². The molecule has 0 aliphatic heterocycles. The predicted molar refractivity (Wildman–Crippen MR) is 90.3 cm³/mol. The lowest BCUT2D eigenvalue weighted by Crippen LogP contribution is -2.31. The van der Waals surface area contributed by atoms with E-state index >= 15 is 0 Å². The van der Waals surface area contributed by atoms with Gasteiger partial charge in [0.2, 0.25) is 0 Å². The van der Waals surface area contributed by atoms with E-state index < -0.39 is 6.10 Å². The topological polar surface area (TPSA) is 50.7 Å². The smallest absolute Gasteiger partial charge is 0.119 e. The lowest BCUT2D eigenvalue weighted by atomic mass is 10.2. The summed E-state index contributed by atoms with van der Waals surface area (Å²) >= 11 is 3.37. The van der Waals surface area contributed by atoms with E-state index in [1.165, 1.54) is 0 Å². The van der Waals surface area contributed by atoms with Crippen molar-refractivity contribution in [2.75, 3.05) is 20.3 Å². The van der Waals surface area contributed by atoms with Gasteiger partial charge >= 0.3 is 0 Å². The SMILES string of the molecule is COc1cccc(CNCC(O)COc2ccc(Br)cc2)c1. The van der Waals surface area contributed by atoms with Crippen LogP contribution in [0.2, 0.25) is 0 Å². The molecule has 0 aliphatic carbocycles. The first kappa shape index (κ1) is 16.8. The third-order valence-corrected chi connectivity index (χ3v) is 3.63. The number of methoxy groups -OCH3 is 1. The van der Waals surface area contributed by atoms with Gasteiger partial charge < -0.3 is 19.9 Å². The van der Waals surface area contributed by atoms with Gasteiger partial charge in [0, 0.05) is 17.6 Å². The summed E-state index contributed by atoms with van der Waals surface area (Å²) in [5, 5.41) is 13.1. The summed E-state index contributed by atoms with van der Waals surface area (Å²) in [6.07, 6.45) is -0.561. The van der Waals surface area contributed by atoms with Gasteiger partial charge in [-0.25, -0.2) is 0 Å². The minimum absolute atomic E-state index is 0.257. The molecule has 0 fully saturated rings. The van der Waals surface area contributed by atoms with Crippen LogP contribution >= 0.6 is 15.9 Å². The first-order valence-corrected chi connectivity index (χ1v) is 7.87. The van der Waals surface area contributed by atoms with Gasteiger partial charge in [0.15, 0.2) is 0 Å². The molecule has 0 saturated carbocycles. The molecule has 2 aromatic rings. The second-order valence-corrected chi connectivity index (χ2v) is 5.82. The highest BCUT2D eigenvalue weighted by atomic mass is 79.9. The Morgan fingerprint density at radius 2 is 1.91 bits per heavy atom. The molecule has 2 rings (SSSR count). The standard InChI is InChI=1S/C17H20BrNO3/c1-21-17-4-2-3-13(9-17)10-19-11-15(20)12-22-16-7-5-14(18)6-8-16/h2-9,15,19-20H,10-12H2,1H3. The van der Waals surface area contributed by atoms with E-state index in [2.05, 4.69) is 21.2 Å². The van der Waals surface area contributed by atoms with Crippen LogP contribution in [0, 0.1) is 0 Å². The Balaban J connectivity index is 1.69. The number of ether oxygens (including phenoxy) is 2. The van der Waals surface area contributed by atoms with E-state index in [1.54, 1.807) is 7.11 Å². The summed E-state index contributed by atoms with van der Waals surface area (Å²) in [6, 6.07) is 15.4. The molecule has 118 valence electrons. The van der Waals surface area contributed by atoms with Crippen LogP contribution in [0.1, 0.15) is 5.56 Å². The zero-order chi connectivity index (χ0) is 15.8. The fourth-order valence-corrected chi connectivity index (χ4v) is 2.21. The molecule has 0 heterocycles. The Kier molecular flexibility index (Phi) is 6.71. The maximum atomic E-state index is 9.92. The van der Waals surface area contributed by atoms with Crippen molar-refractivity contribution in [3.05, 3.63) is 58.6 Å². The van der Waals surface area contributed by atoms with Crippen molar-refractivity contribution in [3.63, 3.8) is 0 Å². The highest BCUT2D eigenvalue weighted by Gasteiger charge is 2.05. The minimum Gasteiger partial charge on any atom is -0.497 e. The maximum Gasteiger partial charge on any atom is 0.119 e. The van der Waals surface area contributed by atoms with Crippen molar-refractivity contribution in [1.82, 2.24) is 5.32 Å². The highest BCUT2D eigenvalue weighted by molar-refractivity contribution is 9.10. The lowest BCUT2D eigenvalue weighted by molar-refractivity contribution is 0.106. The summed E-state index contributed by atoms with van der Waals surface area (Å²) in [4.78, 5) is 0. The van der Waals surface area contributed by atoms with Gasteiger partial charge in [-0.2, -0.15) is 0 Å². The first-order valence-electron chi connectivity index (χ1n) is 7.07. The maximum absolute atomic E-state index is 9.92. The van der Waals surface area contributed by atoms with Crippen LogP contribution in [-0.2, 0) is 6.54 Å². The van der Waals surface area contributed by atoms with Crippen molar-refractivity contribution >= 4 is 15.9 Å². The Morgan fingerprint density at radius 1 is 1.14 bits per heavy atom. The Morgan fingerprint density at radius 3 is 2.64 bits per heavy atom. The van der Waals surface area contributed by atoms with Gasteiger partial charge in [0.25, 0.3) is 0 Å². The molecule has 0 spiro atoms. The minimum atomic E-state index is -0.561. The molecule has 1 atom stereocenters. The normalized spacial score (nSPS) is 12.0. The molecule has 22 heavy (non-hydrogen) atoms. The summed E-state index contributed by atoms with van der Waals surface area (Å²) in [6.45, 7) is 1.40. The largest absolute Gasteiger partial charge is 0.497 e. The van der Waals surface area contributed by atoms with Gasteiger partial charge in [-0.15, -0.1) is 0 Å². The molecule has 2 N–H and O–H groups in total. The van der Waals surface area contributed by atoms with E-state index in [0.717, 1.165) is 21.5 Å². The summed E-state index contributed by atoms with van der Waals surface area (Å²) < 4.78 is 11.7. The number of aliphatic hydroxyl groups is 1. The molecule has 1 unspecified atom stereocenters. The fourth-order valence-electron chi connectivity index (χ4n) is 1.95. The lowest BCUT2D eigenvalue weighted by Gasteiger charge is -2.13.